The highest BCUT2D eigenvalue weighted by Crippen LogP contribution is 2.21. The average Bonchev–Trinajstić information content (AvgIpc) is 2.80. The molecule has 1 heterocycles. The van der Waals surface area contributed by atoms with Gasteiger partial charge in [0.1, 0.15) is 4.99 Å². The number of thiazole rings is 1. The van der Waals surface area contributed by atoms with Crippen LogP contribution in [0.2, 0.25) is 5.02 Å². The Bertz CT molecular complexity index is 526. The fourth-order valence-electron chi connectivity index (χ4n) is 1.39. The van der Waals surface area contributed by atoms with E-state index < -0.39 is 0 Å². The smallest absolute Gasteiger partial charge is 0.106 e. The highest BCUT2D eigenvalue weighted by atomic mass is 35.5. The van der Waals surface area contributed by atoms with E-state index in [2.05, 4.69) is 10.3 Å². The number of rotatable bonds is 4. The normalized spacial score (nSPS) is 10.2. The molecule has 2 rings (SSSR count). The van der Waals surface area contributed by atoms with Crippen LogP contribution in [-0.4, -0.2) is 9.97 Å². The molecule has 0 atom stereocenters. The van der Waals surface area contributed by atoms with Gasteiger partial charge in [0.2, 0.25) is 0 Å². The van der Waals surface area contributed by atoms with Gasteiger partial charge in [-0.05, 0) is 18.2 Å². The molecule has 0 fully saturated rings. The minimum Gasteiger partial charge on any atom is -0.389 e. The molecule has 0 radical (unpaired) electrons. The van der Waals surface area contributed by atoms with Crippen LogP contribution in [0.15, 0.2) is 29.1 Å². The molecule has 1 aromatic heterocycles. The third kappa shape index (κ3) is 3.15. The number of anilines is 1. The Hall–Kier alpha value is -1.17. The number of thiocarbonyl (C=S) groups is 1. The standard InChI is InChI=1S/C11H10ClN3S2/c12-7-1-2-10(9(3-7)11(13)16)14-4-8-5-17-6-15-8/h1-3,5-6,14H,4H2,(H2,13,16). The van der Waals surface area contributed by atoms with E-state index in [4.69, 9.17) is 29.6 Å². The quantitative estimate of drug-likeness (QED) is 0.847. The lowest BCUT2D eigenvalue weighted by atomic mass is 10.1. The summed E-state index contributed by atoms with van der Waals surface area (Å²) in [7, 11) is 0. The van der Waals surface area contributed by atoms with Crippen molar-refractivity contribution >= 4 is 45.8 Å². The Labute approximate surface area is 114 Å². The molecule has 0 aliphatic heterocycles. The molecule has 0 saturated heterocycles. The van der Waals surface area contributed by atoms with Gasteiger partial charge in [-0.25, -0.2) is 4.98 Å². The molecule has 17 heavy (non-hydrogen) atoms. The van der Waals surface area contributed by atoms with Crippen LogP contribution in [0, 0.1) is 0 Å². The Morgan fingerprint density at radius 1 is 1.53 bits per heavy atom. The zero-order valence-electron chi connectivity index (χ0n) is 8.81. The number of hydrogen-bond donors (Lipinski definition) is 2. The topological polar surface area (TPSA) is 50.9 Å². The highest BCUT2D eigenvalue weighted by Gasteiger charge is 2.06. The first-order chi connectivity index (χ1) is 8.16. The van der Waals surface area contributed by atoms with Gasteiger partial charge in [0.25, 0.3) is 0 Å². The summed E-state index contributed by atoms with van der Waals surface area (Å²) < 4.78 is 0. The molecule has 0 aliphatic rings. The molecule has 1 aromatic carbocycles. The zero-order valence-corrected chi connectivity index (χ0v) is 11.2. The lowest BCUT2D eigenvalue weighted by Crippen LogP contribution is -2.13. The Balaban J connectivity index is 2.17. The van der Waals surface area contributed by atoms with Crippen molar-refractivity contribution in [1.29, 1.82) is 0 Å². The van der Waals surface area contributed by atoms with Crippen LogP contribution in [0.3, 0.4) is 0 Å². The van der Waals surface area contributed by atoms with Crippen LogP contribution < -0.4 is 11.1 Å². The van der Waals surface area contributed by atoms with E-state index in [1.54, 1.807) is 29.0 Å². The lowest BCUT2D eigenvalue weighted by Gasteiger charge is -2.10. The van der Waals surface area contributed by atoms with Crippen molar-refractivity contribution in [2.45, 2.75) is 6.54 Å². The van der Waals surface area contributed by atoms with Crippen molar-refractivity contribution in [3.63, 3.8) is 0 Å². The molecule has 0 amide bonds. The molecule has 6 heteroatoms. The summed E-state index contributed by atoms with van der Waals surface area (Å²) in [6.45, 7) is 0.640. The van der Waals surface area contributed by atoms with Crippen molar-refractivity contribution in [2.24, 2.45) is 5.73 Å². The average molecular weight is 284 g/mol. The van der Waals surface area contributed by atoms with E-state index in [1.165, 1.54) is 0 Å². The van der Waals surface area contributed by atoms with Gasteiger partial charge >= 0.3 is 0 Å². The van der Waals surface area contributed by atoms with E-state index >= 15 is 0 Å². The van der Waals surface area contributed by atoms with Crippen LogP contribution in [-0.2, 0) is 6.54 Å². The molecule has 0 saturated carbocycles. The molecule has 0 aliphatic carbocycles. The van der Waals surface area contributed by atoms with Gasteiger partial charge in [0, 0.05) is 21.7 Å². The first-order valence-electron chi connectivity index (χ1n) is 4.87. The number of nitrogens with two attached hydrogens (primary N) is 1. The number of nitrogens with zero attached hydrogens (tertiary/aromatic N) is 1. The van der Waals surface area contributed by atoms with E-state index in [-0.39, 0.29) is 0 Å². The Morgan fingerprint density at radius 3 is 3.00 bits per heavy atom. The van der Waals surface area contributed by atoms with Crippen LogP contribution in [0.25, 0.3) is 0 Å². The largest absolute Gasteiger partial charge is 0.389 e. The lowest BCUT2D eigenvalue weighted by molar-refractivity contribution is 1.07. The number of halogens is 1. The summed E-state index contributed by atoms with van der Waals surface area (Å²) in [5.41, 5.74) is 10.1. The fourth-order valence-corrected chi connectivity index (χ4v) is 2.28. The van der Waals surface area contributed by atoms with Crippen LogP contribution >= 0.6 is 35.2 Å². The first kappa shape index (κ1) is 12.3. The predicted octanol–water partition coefficient (Wildman–Crippen LogP) is 3.04. The van der Waals surface area contributed by atoms with Gasteiger partial charge in [-0.3, -0.25) is 0 Å². The van der Waals surface area contributed by atoms with Crippen molar-refractivity contribution in [1.82, 2.24) is 4.98 Å². The van der Waals surface area contributed by atoms with Gasteiger partial charge in [0.05, 0.1) is 17.7 Å². The molecule has 2 aromatic rings. The minimum atomic E-state index is 0.327. The Morgan fingerprint density at radius 2 is 2.35 bits per heavy atom. The van der Waals surface area contributed by atoms with Gasteiger partial charge in [-0.15, -0.1) is 11.3 Å². The van der Waals surface area contributed by atoms with Crippen molar-refractivity contribution in [3.8, 4) is 0 Å². The van der Waals surface area contributed by atoms with Crippen molar-refractivity contribution in [2.75, 3.05) is 5.32 Å². The molecule has 3 nitrogen and oxygen atoms in total. The zero-order chi connectivity index (χ0) is 12.3. The second-order valence-corrected chi connectivity index (χ2v) is 4.98. The maximum atomic E-state index is 5.91. The maximum absolute atomic E-state index is 5.91. The SMILES string of the molecule is NC(=S)c1cc(Cl)ccc1NCc1cscn1. The summed E-state index contributed by atoms with van der Waals surface area (Å²) in [6.07, 6.45) is 0. The number of benzene rings is 1. The van der Waals surface area contributed by atoms with Crippen LogP contribution in [0.1, 0.15) is 11.3 Å². The molecule has 0 spiro atoms. The molecular formula is C11H10ClN3S2. The molecule has 0 bridgehead atoms. The van der Waals surface area contributed by atoms with E-state index in [1.807, 2.05) is 11.4 Å². The van der Waals surface area contributed by atoms with E-state index in [0.717, 1.165) is 16.9 Å². The van der Waals surface area contributed by atoms with Crippen molar-refractivity contribution < 1.29 is 0 Å². The maximum Gasteiger partial charge on any atom is 0.106 e. The van der Waals surface area contributed by atoms with Gasteiger partial charge < -0.3 is 11.1 Å². The Kier molecular flexibility index (Phi) is 3.93. The summed E-state index contributed by atoms with van der Waals surface area (Å²) in [5, 5.41) is 5.85. The first-order valence-corrected chi connectivity index (χ1v) is 6.60. The summed E-state index contributed by atoms with van der Waals surface area (Å²) >= 11 is 12.5. The number of nitrogens with one attached hydrogen (secondary N) is 1. The molecular weight excluding hydrogens is 274 g/mol. The number of hydrogen-bond acceptors (Lipinski definition) is 4. The van der Waals surface area contributed by atoms with Crippen LogP contribution in [0.4, 0.5) is 5.69 Å². The molecule has 88 valence electrons. The number of aromatic nitrogens is 1. The highest BCUT2D eigenvalue weighted by molar-refractivity contribution is 7.80. The van der Waals surface area contributed by atoms with Gasteiger partial charge in [0.15, 0.2) is 0 Å². The van der Waals surface area contributed by atoms with E-state index in [9.17, 15) is 0 Å². The third-order valence-electron chi connectivity index (χ3n) is 2.19. The van der Waals surface area contributed by atoms with Gasteiger partial charge in [-0.2, -0.15) is 0 Å². The minimum absolute atomic E-state index is 0.327. The summed E-state index contributed by atoms with van der Waals surface area (Å²) in [5.74, 6) is 0. The molecule has 3 N–H and O–H groups in total. The second-order valence-electron chi connectivity index (χ2n) is 3.39. The third-order valence-corrected chi connectivity index (χ3v) is 3.28. The monoisotopic (exact) mass is 283 g/mol. The van der Waals surface area contributed by atoms with E-state index in [0.29, 0.717) is 16.6 Å². The molecule has 0 unspecified atom stereocenters. The van der Waals surface area contributed by atoms with Crippen LogP contribution in [0.5, 0.6) is 0 Å². The summed E-state index contributed by atoms with van der Waals surface area (Å²) in [6, 6.07) is 5.42. The van der Waals surface area contributed by atoms with Crippen molar-refractivity contribution in [3.05, 3.63) is 45.4 Å². The predicted molar refractivity (Wildman–Crippen MR) is 76.8 cm³/mol. The summed E-state index contributed by atoms with van der Waals surface area (Å²) in [4.78, 5) is 4.52. The fraction of sp³-hybridized carbons (Fsp3) is 0.0909. The van der Waals surface area contributed by atoms with Gasteiger partial charge in [-0.1, -0.05) is 23.8 Å². The second kappa shape index (κ2) is 5.44.